The highest BCUT2D eigenvalue weighted by atomic mass is 16.5. The van der Waals surface area contributed by atoms with Crippen molar-refractivity contribution in [2.75, 3.05) is 17.7 Å². The van der Waals surface area contributed by atoms with Gasteiger partial charge in [0.2, 0.25) is 0 Å². The molecule has 2 N–H and O–H groups in total. The van der Waals surface area contributed by atoms with Crippen molar-refractivity contribution in [3.05, 3.63) is 95.5 Å². The van der Waals surface area contributed by atoms with Crippen LogP contribution >= 0.6 is 0 Å². The quantitative estimate of drug-likeness (QED) is 0.646. The van der Waals surface area contributed by atoms with E-state index in [1.165, 1.54) is 0 Å². The number of fused-ring (bicyclic) bond motifs is 1. The zero-order valence-electron chi connectivity index (χ0n) is 16.8. The average Bonchev–Trinajstić information content (AvgIpc) is 2.96. The van der Waals surface area contributed by atoms with E-state index in [1.54, 1.807) is 13.3 Å². The maximum atomic E-state index is 13.5. The predicted molar refractivity (Wildman–Crippen MR) is 118 cm³/mol. The van der Waals surface area contributed by atoms with Crippen LogP contribution in [0.2, 0.25) is 0 Å². The van der Waals surface area contributed by atoms with Gasteiger partial charge in [-0.15, -0.1) is 0 Å². The molecule has 0 fully saturated rings. The fourth-order valence-corrected chi connectivity index (χ4v) is 4.51. The zero-order chi connectivity index (χ0) is 20.5. The Morgan fingerprint density at radius 1 is 0.967 bits per heavy atom. The minimum atomic E-state index is -0.240. The van der Waals surface area contributed by atoms with E-state index in [0.717, 1.165) is 45.9 Å². The Labute approximate surface area is 175 Å². The van der Waals surface area contributed by atoms with Gasteiger partial charge in [-0.3, -0.25) is 9.78 Å². The van der Waals surface area contributed by atoms with E-state index in [-0.39, 0.29) is 17.7 Å². The standard InChI is InChI=1S/C25H23N3O2/c1-30-23-11-5-2-8-18(23)17-13-21-24(22(29)14-17)25(16-7-6-12-26-15-16)28-20-10-4-3-9-19(20)27-21/h2-12,15,17,25,27-28H,13-14H2,1H3/t17-,25+/m1/s1. The van der Waals surface area contributed by atoms with Crippen LogP contribution in [0.25, 0.3) is 0 Å². The highest BCUT2D eigenvalue weighted by molar-refractivity contribution is 6.01. The molecule has 30 heavy (non-hydrogen) atoms. The Hall–Kier alpha value is -3.60. The molecule has 2 heterocycles. The molecule has 2 atom stereocenters. The zero-order valence-corrected chi connectivity index (χ0v) is 16.8. The lowest BCUT2D eigenvalue weighted by Crippen LogP contribution is -2.27. The number of pyridine rings is 1. The summed E-state index contributed by atoms with van der Waals surface area (Å²) in [6.07, 6.45) is 4.78. The summed E-state index contributed by atoms with van der Waals surface area (Å²) in [6.45, 7) is 0. The molecule has 1 aliphatic heterocycles. The van der Waals surface area contributed by atoms with Crippen molar-refractivity contribution in [2.24, 2.45) is 0 Å². The molecular weight excluding hydrogens is 374 g/mol. The summed E-state index contributed by atoms with van der Waals surface area (Å²) in [7, 11) is 1.68. The lowest BCUT2D eigenvalue weighted by atomic mass is 9.78. The number of carbonyl (C=O) groups is 1. The van der Waals surface area contributed by atoms with Crippen LogP contribution in [0.3, 0.4) is 0 Å². The molecule has 150 valence electrons. The van der Waals surface area contributed by atoms with Crippen molar-refractivity contribution in [3.63, 3.8) is 0 Å². The molecule has 2 aliphatic rings. The monoisotopic (exact) mass is 397 g/mol. The molecule has 3 aromatic rings. The summed E-state index contributed by atoms with van der Waals surface area (Å²) >= 11 is 0. The number of rotatable bonds is 3. The first-order valence-electron chi connectivity index (χ1n) is 10.2. The molecule has 0 saturated carbocycles. The number of benzene rings is 2. The van der Waals surface area contributed by atoms with Crippen molar-refractivity contribution in [3.8, 4) is 5.75 Å². The number of aromatic nitrogens is 1. The van der Waals surface area contributed by atoms with Crippen LogP contribution in [0.4, 0.5) is 11.4 Å². The molecule has 1 aromatic heterocycles. The molecular formula is C25H23N3O2. The van der Waals surface area contributed by atoms with Crippen molar-refractivity contribution < 1.29 is 9.53 Å². The number of para-hydroxylation sites is 3. The van der Waals surface area contributed by atoms with Crippen LogP contribution in [0, 0.1) is 0 Å². The van der Waals surface area contributed by atoms with E-state index in [9.17, 15) is 4.79 Å². The minimum absolute atomic E-state index is 0.0692. The van der Waals surface area contributed by atoms with Gasteiger partial charge < -0.3 is 15.4 Å². The van der Waals surface area contributed by atoms with Gasteiger partial charge in [-0.2, -0.15) is 0 Å². The van der Waals surface area contributed by atoms with Gasteiger partial charge in [0, 0.05) is 36.0 Å². The first kappa shape index (κ1) is 18.4. The number of carbonyl (C=O) groups excluding carboxylic acids is 1. The first-order chi connectivity index (χ1) is 14.7. The van der Waals surface area contributed by atoms with Crippen molar-refractivity contribution >= 4 is 17.2 Å². The molecule has 0 amide bonds. The number of ketones is 1. The first-order valence-corrected chi connectivity index (χ1v) is 10.2. The summed E-state index contributed by atoms with van der Waals surface area (Å²) in [6, 6.07) is 19.7. The maximum Gasteiger partial charge on any atom is 0.163 e. The Balaban J connectivity index is 1.61. The summed E-state index contributed by atoms with van der Waals surface area (Å²) < 4.78 is 5.57. The summed E-state index contributed by atoms with van der Waals surface area (Å²) in [5.41, 5.74) is 5.77. The Morgan fingerprint density at radius 2 is 1.77 bits per heavy atom. The molecule has 5 rings (SSSR count). The number of anilines is 2. The van der Waals surface area contributed by atoms with Crippen LogP contribution in [-0.2, 0) is 4.79 Å². The minimum Gasteiger partial charge on any atom is -0.496 e. The third-order valence-electron chi connectivity index (χ3n) is 5.91. The largest absolute Gasteiger partial charge is 0.496 e. The number of nitrogens with zero attached hydrogens (tertiary/aromatic N) is 1. The number of allylic oxidation sites excluding steroid dienone is 1. The molecule has 5 heteroatoms. The maximum absolute atomic E-state index is 13.5. The second kappa shape index (κ2) is 7.67. The number of hydrogen-bond acceptors (Lipinski definition) is 5. The van der Waals surface area contributed by atoms with Crippen molar-refractivity contribution in [2.45, 2.75) is 24.8 Å². The Bertz CT molecular complexity index is 1120. The molecule has 0 radical (unpaired) electrons. The molecule has 1 aliphatic carbocycles. The molecule has 0 saturated heterocycles. The third-order valence-corrected chi connectivity index (χ3v) is 5.91. The highest BCUT2D eigenvalue weighted by Crippen LogP contribution is 2.45. The van der Waals surface area contributed by atoms with E-state index >= 15 is 0 Å². The molecule has 2 aromatic carbocycles. The van der Waals surface area contributed by atoms with Crippen LogP contribution in [0.1, 0.15) is 35.9 Å². The summed E-state index contributed by atoms with van der Waals surface area (Å²) in [5, 5.41) is 7.14. The number of Topliss-reactive ketones (excluding diaryl/α,β-unsaturated/α-hetero) is 1. The summed E-state index contributed by atoms with van der Waals surface area (Å²) in [4.78, 5) is 17.8. The molecule has 0 bridgehead atoms. The topological polar surface area (TPSA) is 63.2 Å². The molecule has 0 unspecified atom stereocenters. The third kappa shape index (κ3) is 3.22. The van der Waals surface area contributed by atoms with Gasteiger partial charge in [0.25, 0.3) is 0 Å². The number of nitrogens with one attached hydrogen (secondary N) is 2. The van der Waals surface area contributed by atoms with Crippen LogP contribution < -0.4 is 15.4 Å². The normalized spacial score (nSPS) is 20.4. The van der Waals surface area contributed by atoms with Gasteiger partial charge in [0.1, 0.15) is 5.75 Å². The number of methoxy groups -OCH3 is 1. The van der Waals surface area contributed by atoms with Gasteiger partial charge in [-0.1, -0.05) is 36.4 Å². The summed E-state index contributed by atoms with van der Waals surface area (Å²) in [5.74, 6) is 1.05. The second-order valence-electron chi connectivity index (χ2n) is 7.70. The van der Waals surface area contributed by atoms with E-state index in [4.69, 9.17) is 4.74 Å². The van der Waals surface area contributed by atoms with Gasteiger partial charge in [-0.05, 0) is 41.8 Å². The number of hydrogen-bond donors (Lipinski definition) is 2. The van der Waals surface area contributed by atoms with Crippen LogP contribution in [0.15, 0.2) is 84.3 Å². The van der Waals surface area contributed by atoms with E-state index in [2.05, 4.69) is 21.7 Å². The Kier molecular flexibility index (Phi) is 4.71. The fourth-order valence-electron chi connectivity index (χ4n) is 4.51. The SMILES string of the molecule is COc1ccccc1[C@H]1CC(=O)C2=C(C1)Nc1ccccc1N[C@H]2c1cccnc1. The molecule has 5 nitrogen and oxygen atoms in total. The highest BCUT2D eigenvalue weighted by Gasteiger charge is 2.36. The van der Waals surface area contributed by atoms with E-state index in [0.29, 0.717) is 6.42 Å². The van der Waals surface area contributed by atoms with E-state index in [1.807, 2.05) is 60.8 Å². The second-order valence-corrected chi connectivity index (χ2v) is 7.70. The van der Waals surface area contributed by atoms with Crippen molar-refractivity contribution in [1.29, 1.82) is 0 Å². The smallest absolute Gasteiger partial charge is 0.163 e. The van der Waals surface area contributed by atoms with Crippen molar-refractivity contribution in [1.82, 2.24) is 4.98 Å². The lowest BCUT2D eigenvalue weighted by Gasteiger charge is -2.30. The predicted octanol–water partition coefficient (Wildman–Crippen LogP) is 5.07. The van der Waals surface area contributed by atoms with Crippen LogP contribution in [0.5, 0.6) is 5.75 Å². The van der Waals surface area contributed by atoms with E-state index < -0.39 is 0 Å². The van der Waals surface area contributed by atoms with Crippen LogP contribution in [-0.4, -0.2) is 17.9 Å². The van der Waals surface area contributed by atoms with Gasteiger partial charge in [-0.25, -0.2) is 0 Å². The average molecular weight is 397 g/mol. The number of ether oxygens (including phenoxy) is 1. The molecule has 0 spiro atoms. The van der Waals surface area contributed by atoms with Gasteiger partial charge in [0.15, 0.2) is 5.78 Å². The lowest BCUT2D eigenvalue weighted by molar-refractivity contribution is -0.116. The van der Waals surface area contributed by atoms with Gasteiger partial charge in [0.05, 0.1) is 24.5 Å². The van der Waals surface area contributed by atoms with Gasteiger partial charge >= 0.3 is 0 Å². The Morgan fingerprint density at radius 3 is 2.57 bits per heavy atom. The fraction of sp³-hybridized carbons (Fsp3) is 0.200.